The number of sulfone groups is 1. The van der Waals surface area contributed by atoms with E-state index in [1.807, 2.05) is 0 Å². The Kier molecular flexibility index (Phi) is 4.95. The van der Waals surface area contributed by atoms with Crippen molar-refractivity contribution in [3.8, 4) is 0 Å². The number of hydrogen-bond donors (Lipinski definition) is 1. The van der Waals surface area contributed by atoms with Gasteiger partial charge in [-0.3, -0.25) is 10.1 Å². The Hall–Kier alpha value is -2.48. The zero-order chi connectivity index (χ0) is 18.9. The third kappa shape index (κ3) is 3.85. The van der Waals surface area contributed by atoms with Gasteiger partial charge in [0.25, 0.3) is 5.69 Å². The monoisotopic (exact) mass is 378 g/mol. The zero-order valence-electron chi connectivity index (χ0n) is 14.2. The summed E-state index contributed by atoms with van der Waals surface area (Å²) in [5, 5.41) is 14.6. The summed E-state index contributed by atoms with van der Waals surface area (Å²) in [7, 11) is -3.53. The average Bonchev–Trinajstić information content (AvgIpc) is 3.03. The van der Waals surface area contributed by atoms with Crippen LogP contribution in [0.2, 0.25) is 0 Å². The smallest absolute Gasteiger partial charge is 0.293 e. The number of rotatable bonds is 5. The highest BCUT2D eigenvalue weighted by Crippen LogP contribution is 2.38. The van der Waals surface area contributed by atoms with E-state index in [-0.39, 0.29) is 28.4 Å². The quantitative estimate of drug-likeness (QED) is 0.630. The molecule has 0 spiro atoms. The fourth-order valence-corrected chi connectivity index (χ4v) is 4.10. The first-order valence-corrected chi connectivity index (χ1v) is 10.2. The molecule has 8 heteroatoms. The van der Waals surface area contributed by atoms with E-state index in [4.69, 9.17) is 0 Å². The molecule has 6 nitrogen and oxygen atoms in total. The Morgan fingerprint density at radius 1 is 1.15 bits per heavy atom. The lowest BCUT2D eigenvalue weighted by molar-refractivity contribution is -0.384. The van der Waals surface area contributed by atoms with Crippen LogP contribution in [0.25, 0.3) is 0 Å². The van der Waals surface area contributed by atoms with Gasteiger partial charge in [0, 0.05) is 24.3 Å². The van der Waals surface area contributed by atoms with Crippen molar-refractivity contribution >= 4 is 21.2 Å². The molecule has 0 radical (unpaired) electrons. The summed E-state index contributed by atoms with van der Waals surface area (Å²) in [6.07, 6.45) is 3.70. The van der Waals surface area contributed by atoms with Crippen molar-refractivity contribution in [1.29, 1.82) is 0 Å². The van der Waals surface area contributed by atoms with Crippen LogP contribution >= 0.6 is 0 Å². The molecule has 0 bridgehead atoms. The van der Waals surface area contributed by atoms with E-state index in [1.54, 1.807) is 12.1 Å². The van der Waals surface area contributed by atoms with Gasteiger partial charge >= 0.3 is 0 Å². The number of nitrogens with one attached hydrogen (secondary N) is 1. The van der Waals surface area contributed by atoms with Gasteiger partial charge in [-0.25, -0.2) is 12.8 Å². The lowest BCUT2D eigenvalue weighted by Crippen LogP contribution is -2.23. The molecule has 1 N–H and O–H groups in total. The summed E-state index contributed by atoms with van der Waals surface area (Å²) < 4.78 is 36.5. The number of anilines is 1. The molecule has 0 heterocycles. The first-order valence-electron chi connectivity index (χ1n) is 8.26. The zero-order valence-corrected chi connectivity index (χ0v) is 15.0. The summed E-state index contributed by atoms with van der Waals surface area (Å²) in [5.74, 6) is -0.187. The van der Waals surface area contributed by atoms with Crippen molar-refractivity contribution in [1.82, 2.24) is 0 Å². The molecule has 1 aliphatic rings. The van der Waals surface area contributed by atoms with E-state index in [1.165, 1.54) is 24.3 Å². The Morgan fingerprint density at radius 3 is 2.46 bits per heavy atom. The Labute approximate surface area is 151 Å². The molecule has 1 fully saturated rings. The van der Waals surface area contributed by atoms with Crippen LogP contribution in [-0.4, -0.2) is 25.6 Å². The van der Waals surface area contributed by atoms with Crippen LogP contribution in [-0.2, 0) is 9.84 Å². The second-order valence-electron chi connectivity index (χ2n) is 6.55. The number of nitrogens with zero attached hydrogens (tertiary/aromatic N) is 1. The molecule has 2 aromatic carbocycles. The largest absolute Gasteiger partial charge is 0.376 e. The first kappa shape index (κ1) is 18.3. The maximum Gasteiger partial charge on any atom is 0.293 e. The maximum absolute atomic E-state index is 13.2. The van der Waals surface area contributed by atoms with Gasteiger partial charge in [0.2, 0.25) is 0 Å². The summed E-state index contributed by atoms with van der Waals surface area (Å²) in [6, 6.07) is 10.1. The van der Waals surface area contributed by atoms with E-state index in [0.717, 1.165) is 37.1 Å². The number of nitro groups is 1. The molecule has 2 unspecified atom stereocenters. The van der Waals surface area contributed by atoms with E-state index in [9.17, 15) is 22.9 Å². The highest BCUT2D eigenvalue weighted by atomic mass is 32.2. The van der Waals surface area contributed by atoms with Crippen LogP contribution in [0, 0.1) is 15.9 Å². The highest BCUT2D eigenvalue weighted by molar-refractivity contribution is 7.90. The first-order chi connectivity index (χ1) is 12.3. The van der Waals surface area contributed by atoms with Gasteiger partial charge in [0.05, 0.1) is 9.82 Å². The molecule has 1 saturated carbocycles. The van der Waals surface area contributed by atoms with Gasteiger partial charge in [0.15, 0.2) is 9.84 Å². The summed E-state index contributed by atoms with van der Waals surface area (Å²) in [6.45, 7) is 0. The van der Waals surface area contributed by atoms with Crippen molar-refractivity contribution in [2.24, 2.45) is 0 Å². The SMILES string of the molecule is CS(=O)(=O)c1ccc(NC2CCCC2c2ccc(F)cc2)c([N+](=O)[O-])c1. The van der Waals surface area contributed by atoms with Crippen molar-refractivity contribution in [2.45, 2.75) is 36.1 Å². The van der Waals surface area contributed by atoms with E-state index >= 15 is 0 Å². The predicted molar refractivity (Wildman–Crippen MR) is 96.6 cm³/mol. The lowest BCUT2D eigenvalue weighted by Gasteiger charge is -2.22. The molecule has 2 atom stereocenters. The van der Waals surface area contributed by atoms with Crippen LogP contribution in [0.4, 0.5) is 15.8 Å². The number of nitro benzene ring substituents is 1. The molecule has 0 amide bonds. The third-order valence-corrected chi connectivity index (χ3v) is 5.86. The molecule has 0 aliphatic heterocycles. The minimum Gasteiger partial charge on any atom is -0.376 e. The molecular formula is C18H19FN2O4S. The van der Waals surface area contributed by atoms with Crippen LogP contribution in [0.15, 0.2) is 47.4 Å². The number of benzene rings is 2. The summed E-state index contributed by atoms with van der Waals surface area (Å²) in [5.41, 5.74) is 1.01. The minimum absolute atomic E-state index is 0.0387. The van der Waals surface area contributed by atoms with E-state index < -0.39 is 14.8 Å². The number of hydrogen-bond acceptors (Lipinski definition) is 5. The standard InChI is InChI=1S/C18H19FN2O4S/c1-26(24,25)14-9-10-17(18(11-14)21(22)23)20-16-4-2-3-15(16)12-5-7-13(19)8-6-12/h5-11,15-16,20H,2-4H2,1H3. The molecular weight excluding hydrogens is 359 g/mol. The highest BCUT2D eigenvalue weighted by Gasteiger charge is 2.30. The second kappa shape index (κ2) is 7.03. The van der Waals surface area contributed by atoms with Gasteiger partial charge in [-0.1, -0.05) is 18.6 Å². The van der Waals surface area contributed by atoms with Gasteiger partial charge in [0.1, 0.15) is 11.5 Å². The second-order valence-corrected chi connectivity index (χ2v) is 8.56. The summed E-state index contributed by atoms with van der Waals surface area (Å²) in [4.78, 5) is 10.7. The third-order valence-electron chi connectivity index (χ3n) is 4.75. The van der Waals surface area contributed by atoms with Crippen molar-refractivity contribution in [2.75, 3.05) is 11.6 Å². The van der Waals surface area contributed by atoms with Crippen LogP contribution in [0.3, 0.4) is 0 Å². The fourth-order valence-electron chi connectivity index (χ4n) is 3.46. The van der Waals surface area contributed by atoms with E-state index in [0.29, 0.717) is 5.69 Å². The molecule has 26 heavy (non-hydrogen) atoms. The van der Waals surface area contributed by atoms with Crippen molar-refractivity contribution < 1.29 is 17.7 Å². The average molecular weight is 378 g/mol. The minimum atomic E-state index is -3.53. The Bertz CT molecular complexity index is 929. The number of halogens is 1. The van der Waals surface area contributed by atoms with Crippen LogP contribution in [0.5, 0.6) is 0 Å². The molecule has 3 rings (SSSR count). The topological polar surface area (TPSA) is 89.3 Å². The predicted octanol–water partition coefficient (Wildman–Crippen LogP) is 3.89. The van der Waals surface area contributed by atoms with E-state index in [2.05, 4.69) is 5.32 Å². The van der Waals surface area contributed by atoms with Crippen molar-refractivity contribution in [3.63, 3.8) is 0 Å². The fraction of sp³-hybridized carbons (Fsp3) is 0.333. The molecule has 138 valence electrons. The Balaban J connectivity index is 1.90. The normalized spacial score (nSPS) is 20.1. The molecule has 0 saturated heterocycles. The Morgan fingerprint density at radius 2 is 1.85 bits per heavy atom. The van der Waals surface area contributed by atoms with Gasteiger partial charge < -0.3 is 5.32 Å². The van der Waals surface area contributed by atoms with Gasteiger partial charge in [-0.15, -0.1) is 0 Å². The molecule has 1 aliphatic carbocycles. The van der Waals surface area contributed by atoms with Crippen LogP contribution in [0.1, 0.15) is 30.7 Å². The van der Waals surface area contributed by atoms with Gasteiger partial charge in [-0.05, 0) is 42.7 Å². The lowest BCUT2D eigenvalue weighted by atomic mass is 9.94. The van der Waals surface area contributed by atoms with Gasteiger partial charge in [-0.2, -0.15) is 0 Å². The maximum atomic E-state index is 13.2. The molecule has 0 aromatic heterocycles. The van der Waals surface area contributed by atoms with Crippen LogP contribution < -0.4 is 5.32 Å². The van der Waals surface area contributed by atoms with Crippen molar-refractivity contribution in [3.05, 3.63) is 64.0 Å². The summed E-state index contributed by atoms with van der Waals surface area (Å²) >= 11 is 0. The molecule has 2 aromatic rings.